The number of hydrogen-bond acceptors (Lipinski definition) is 3. The van der Waals surface area contributed by atoms with Crippen LogP contribution < -0.4 is 0 Å². The van der Waals surface area contributed by atoms with Gasteiger partial charge in [0.1, 0.15) is 5.75 Å². The van der Waals surface area contributed by atoms with Gasteiger partial charge in [0.2, 0.25) is 10.0 Å². The molecule has 82 valence electrons. The van der Waals surface area contributed by atoms with Gasteiger partial charge in [-0.15, -0.1) is 0 Å². The van der Waals surface area contributed by atoms with Crippen LogP contribution in [0.3, 0.4) is 0 Å². The highest BCUT2D eigenvalue weighted by molar-refractivity contribution is 7.89. The SMILES string of the molecule is O=S(=O)(c1ccc(O)cc1)N1CCCC1. The molecule has 15 heavy (non-hydrogen) atoms. The first kappa shape index (κ1) is 10.4. The fourth-order valence-electron chi connectivity index (χ4n) is 1.70. The third-order valence-corrected chi connectivity index (χ3v) is 4.45. The molecule has 1 aliphatic heterocycles. The fourth-order valence-corrected chi connectivity index (χ4v) is 3.21. The number of phenols is 1. The van der Waals surface area contributed by atoms with E-state index in [4.69, 9.17) is 5.11 Å². The van der Waals surface area contributed by atoms with Crippen LogP contribution in [0.25, 0.3) is 0 Å². The fraction of sp³-hybridized carbons (Fsp3) is 0.400. The molecular weight excluding hydrogens is 214 g/mol. The normalized spacial score (nSPS) is 18.1. The van der Waals surface area contributed by atoms with Gasteiger partial charge in [-0.2, -0.15) is 4.31 Å². The second kappa shape index (κ2) is 3.83. The van der Waals surface area contributed by atoms with Gasteiger partial charge >= 0.3 is 0 Å². The summed E-state index contributed by atoms with van der Waals surface area (Å²) in [6, 6.07) is 5.65. The van der Waals surface area contributed by atoms with Crippen molar-refractivity contribution >= 4 is 10.0 Å². The predicted octanol–water partition coefficient (Wildman–Crippen LogP) is 1.18. The van der Waals surface area contributed by atoms with Gasteiger partial charge in [0, 0.05) is 13.1 Å². The Labute approximate surface area is 89.2 Å². The van der Waals surface area contributed by atoms with Gasteiger partial charge in [-0.05, 0) is 37.1 Å². The summed E-state index contributed by atoms with van der Waals surface area (Å²) in [5.41, 5.74) is 0. The van der Waals surface area contributed by atoms with E-state index >= 15 is 0 Å². The second-order valence-corrected chi connectivity index (χ2v) is 5.54. The van der Waals surface area contributed by atoms with Crippen molar-refractivity contribution in [1.29, 1.82) is 0 Å². The topological polar surface area (TPSA) is 57.6 Å². The Morgan fingerprint density at radius 3 is 2.13 bits per heavy atom. The molecule has 0 saturated carbocycles. The van der Waals surface area contributed by atoms with Gasteiger partial charge in [-0.1, -0.05) is 0 Å². The zero-order valence-electron chi connectivity index (χ0n) is 8.26. The third kappa shape index (κ3) is 1.98. The van der Waals surface area contributed by atoms with Crippen molar-refractivity contribution in [2.24, 2.45) is 0 Å². The molecule has 0 bridgehead atoms. The zero-order valence-corrected chi connectivity index (χ0v) is 9.07. The monoisotopic (exact) mass is 227 g/mol. The van der Waals surface area contributed by atoms with Crippen LogP contribution >= 0.6 is 0 Å². The number of phenolic OH excluding ortho intramolecular Hbond substituents is 1. The summed E-state index contributed by atoms with van der Waals surface area (Å²) in [5.74, 6) is 0.0790. The lowest BCUT2D eigenvalue weighted by Crippen LogP contribution is -2.27. The molecule has 2 rings (SSSR count). The molecular formula is C10H13NO3S. The highest BCUT2D eigenvalue weighted by Gasteiger charge is 2.26. The smallest absolute Gasteiger partial charge is 0.243 e. The lowest BCUT2D eigenvalue weighted by molar-refractivity contribution is 0.471. The molecule has 0 aliphatic carbocycles. The molecule has 0 spiro atoms. The van der Waals surface area contributed by atoms with E-state index in [0.29, 0.717) is 13.1 Å². The Morgan fingerprint density at radius 2 is 1.60 bits per heavy atom. The van der Waals surface area contributed by atoms with E-state index in [1.165, 1.54) is 28.6 Å². The maximum atomic E-state index is 12.0. The molecule has 1 saturated heterocycles. The summed E-state index contributed by atoms with van der Waals surface area (Å²) in [6.07, 6.45) is 1.86. The van der Waals surface area contributed by atoms with Crippen molar-refractivity contribution in [3.05, 3.63) is 24.3 Å². The minimum Gasteiger partial charge on any atom is -0.508 e. The summed E-state index contributed by atoms with van der Waals surface area (Å²) in [4.78, 5) is 0.252. The molecule has 0 unspecified atom stereocenters. The van der Waals surface area contributed by atoms with E-state index in [1.54, 1.807) is 0 Å². The van der Waals surface area contributed by atoms with E-state index < -0.39 is 10.0 Å². The Balaban J connectivity index is 2.32. The van der Waals surface area contributed by atoms with Crippen LogP contribution in [0.2, 0.25) is 0 Å². The summed E-state index contributed by atoms with van der Waals surface area (Å²) < 4.78 is 25.5. The number of sulfonamides is 1. The summed E-state index contributed by atoms with van der Waals surface area (Å²) in [7, 11) is -3.33. The van der Waals surface area contributed by atoms with Crippen molar-refractivity contribution in [1.82, 2.24) is 4.31 Å². The van der Waals surface area contributed by atoms with Crippen LogP contribution in [0.4, 0.5) is 0 Å². The number of nitrogens with zero attached hydrogens (tertiary/aromatic N) is 1. The minimum atomic E-state index is -3.33. The van der Waals surface area contributed by atoms with E-state index in [2.05, 4.69) is 0 Å². The van der Waals surface area contributed by atoms with Crippen molar-refractivity contribution in [3.8, 4) is 5.75 Å². The van der Waals surface area contributed by atoms with Crippen molar-refractivity contribution in [2.45, 2.75) is 17.7 Å². The third-order valence-electron chi connectivity index (χ3n) is 2.54. The van der Waals surface area contributed by atoms with Crippen molar-refractivity contribution in [2.75, 3.05) is 13.1 Å². The van der Waals surface area contributed by atoms with E-state index in [0.717, 1.165) is 12.8 Å². The lowest BCUT2D eigenvalue weighted by Gasteiger charge is -2.15. The Bertz CT molecular complexity index is 432. The average Bonchev–Trinajstić information content (AvgIpc) is 2.71. The molecule has 1 aromatic carbocycles. The first-order valence-corrected chi connectivity index (χ1v) is 6.34. The quantitative estimate of drug-likeness (QED) is 0.825. The molecule has 1 aliphatic rings. The second-order valence-electron chi connectivity index (χ2n) is 3.61. The highest BCUT2D eigenvalue weighted by atomic mass is 32.2. The van der Waals surface area contributed by atoms with Gasteiger partial charge < -0.3 is 5.11 Å². The largest absolute Gasteiger partial charge is 0.508 e. The van der Waals surface area contributed by atoms with Crippen LogP contribution in [0, 0.1) is 0 Å². The molecule has 0 aromatic heterocycles. The van der Waals surface area contributed by atoms with Crippen LogP contribution in [0.15, 0.2) is 29.2 Å². The molecule has 1 fully saturated rings. The molecule has 1 aromatic rings. The van der Waals surface area contributed by atoms with Crippen LogP contribution in [0.5, 0.6) is 5.75 Å². The number of hydrogen-bond donors (Lipinski definition) is 1. The number of aromatic hydroxyl groups is 1. The molecule has 0 atom stereocenters. The van der Waals surface area contributed by atoms with Gasteiger partial charge in [-0.25, -0.2) is 8.42 Å². The van der Waals surface area contributed by atoms with Gasteiger partial charge in [0.25, 0.3) is 0 Å². The Kier molecular flexibility index (Phi) is 2.67. The van der Waals surface area contributed by atoms with Gasteiger partial charge in [-0.3, -0.25) is 0 Å². The summed E-state index contributed by atoms with van der Waals surface area (Å²) in [6.45, 7) is 1.20. The first-order chi connectivity index (χ1) is 7.10. The summed E-state index contributed by atoms with van der Waals surface area (Å²) in [5, 5.41) is 9.08. The predicted molar refractivity (Wildman–Crippen MR) is 56.1 cm³/mol. The number of benzene rings is 1. The lowest BCUT2D eigenvalue weighted by atomic mass is 10.3. The Hall–Kier alpha value is -1.07. The van der Waals surface area contributed by atoms with E-state index in [1.807, 2.05) is 0 Å². The van der Waals surface area contributed by atoms with Crippen LogP contribution in [-0.4, -0.2) is 30.9 Å². The van der Waals surface area contributed by atoms with Gasteiger partial charge in [0.15, 0.2) is 0 Å². The average molecular weight is 227 g/mol. The summed E-state index contributed by atoms with van der Waals surface area (Å²) >= 11 is 0. The van der Waals surface area contributed by atoms with Crippen molar-refractivity contribution < 1.29 is 13.5 Å². The highest BCUT2D eigenvalue weighted by Crippen LogP contribution is 2.22. The number of rotatable bonds is 2. The molecule has 1 N–H and O–H groups in total. The van der Waals surface area contributed by atoms with Gasteiger partial charge in [0.05, 0.1) is 4.90 Å². The Morgan fingerprint density at radius 1 is 1.07 bits per heavy atom. The molecule has 4 nitrogen and oxygen atoms in total. The minimum absolute atomic E-state index is 0.0790. The maximum Gasteiger partial charge on any atom is 0.243 e. The molecule has 1 heterocycles. The van der Waals surface area contributed by atoms with E-state index in [-0.39, 0.29) is 10.6 Å². The zero-order chi connectivity index (χ0) is 10.9. The molecule has 0 amide bonds. The van der Waals surface area contributed by atoms with Crippen LogP contribution in [0.1, 0.15) is 12.8 Å². The molecule has 0 radical (unpaired) electrons. The standard InChI is InChI=1S/C10H13NO3S/c12-9-3-5-10(6-4-9)15(13,14)11-7-1-2-8-11/h3-6,12H,1-2,7-8H2. The first-order valence-electron chi connectivity index (χ1n) is 4.90. The van der Waals surface area contributed by atoms with E-state index in [9.17, 15) is 8.42 Å². The van der Waals surface area contributed by atoms with Crippen LogP contribution in [-0.2, 0) is 10.0 Å². The maximum absolute atomic E-state index is 12.0. The molecule has 5 heteroatoms. The van der Waals surface area contributed by atoms with Crippen molar-refractivity contribution in [3.63, 3.8) is 0 Å².